The fourth-order valence-electron chi connectivity index (χ4n) is 4.22. The number of quaternary nitrogens is 1. The number of hydrogen-bond acceptors (Lipinski definition) is 6. The Kier molecular flexibility index (Phi) is 3.79. The van der Waals surface area contributed by atoms with Gasteiger partial charge in [0.1, 0.15) is 24.4 Å². The van der Waals surface area contributed by atoms with Crippen molar-refractivity contribution < 1.29 is 33.8 Å². The number of nitrogens with two attached hydrogens (primary N) is 1. The molecule has 2 aliphatic heterocycles. The van der Waals surface area contributed by atoms with Crippen LogP contribution < -0.4 is 15.1 Å². The van der Waals surface area contributed by atoms with E-state index in [1.54, 1.807) is 12.1 Å². The average molecular weight is 364 g/mol. The zero-order chi connectivity index (χ0) is 18.7. The molecule has 0 unspecified atom stereocenters. The van der Waals surface area contributed by atoms with Crippen molar-refractivity contribution in [2.24, 2.45) is 5.73 Å². The Morgan fingerprint density at radius 1 is 1.42 bits per heavy atom. The van der Waals surface area contributed by atoms with E-state index >= 15 is 0 Å². The molecule has 1 aromatic carbocycles. The van der Waals surface area contributed by atoms with E-state index in [1.165, 1.54) is 0 Å². The number of nitrogens with zero attached hydrogens (tertiary/aromatic N) is 1. The van der Waals surface area contributed by atoms with Gasteiger partial charge < -0.3 is 34.8 Å². The molecule has 9 heteroatoms. The van der Waals surface area contributed by atoms with Crippen LogP contribution in [-0.4, -0.2) is 70.7 Å². The van der Waals surface area contributed by atoms with Crippen molar-refractivity contribution in [2.45, 2.75) is 37.2 Å². The van der Waals surface area contributed by atoms with Gasteiger partial charge in [-0.05, 0) is 30.9 Å². The number of ether oxygens (including phenoxy) is 1. The van der Waals surface area contributed by atoms with Crippen LogP contribution in [0.2, 0.25) is 6.32 Å². The molecule has 0 aromatic heterocycles. The molecule has 1 saturated heterocycles. The second-order valence-electron chi connectivity index (χ2n) is 8.49. The van der Waals surface area contributed by atoms with Gasteiger partial charge in [0.05, 0.1) is 24.9 Å². The van der Waals surface area contributed by atoms with Crippen LogP contribution in [-0.2, 0) is 6.42 Å². The number of aromatic carboxylic acids is 1. The van der Waals surface area contributed by atoms with Crippen molar-refractivity contribution in [3.8, 4) is 11.5 Å². The monoisotopic (exact) mass is 364 g/mol. The van der Waals surface area contributed by atoms with Crippen LogP contribution >= 0.6 is 0 Å². The third-order valence-corrected chi connectivity index (χ3v) is 5.68. The van der Waals surface area contributed by atoms with E-state index < -0.39 is 12.7 Å². The topological polar surface area (TPSA) is 122 Å². The van der Waals surface area contributed by atoms with Gasteiger partial charge in [-0.25, -0.2) is 4.79 Å². The molecule has 5 N–H and O–H groups in total. The van der Waals surface area contributed by atoms with E-state index in [0.29, 0.717) is 12.0 Å². The van der Waals surface area contributed by atoms with Crippen LogP contribution in [0, 0.1) is 0 Å². The molecule has 0 amide bonds. The van der Waals surface area contributed by atoms with Crippen LogP contribution in [0.25, 0.3) is 0 Å². The SMILES string of the molecule is C[N+]1(CC2(N)CC2)CC(Oc2ccc3c(c2C(=O)O)O[B-](O)(O)CC3)C1. The molecule has 1 aliphatic carbocycles. The maximum atomic E-state index is 11.8. The lowest BCUT2D eigenvalue weighted by molar-refractivity contribution is -0.955. The predicted octanol–water partition coefficient (Wildman–Crippen LogP) is -0.0579. The fraction of sp³-hybridized carbons (Fsp3) is 0.588. The second-order valence-corrected chi connectivity index (χ2v) is 8.49. The number of likely N-dealkylation sites (N-methyl/N-ethyl adjacent to an activating group) is 1. The highest BCUT2D eigenvalue weighted by molar-refractivity contribution is 6.59. The van der Waals surface area contributed by atoms with E-state index in [1.807, 2.05) is 0 Å². The first-order valence-corrected chi connectivity index (χ1v) is 9.06. The Balaban J connectivity index is 1.52. The van der Waals surface area contributed by atoms with Crippen LogP contribution in [0.4, 0.5) is 0 Å². The van der Waals surface area contributed by atoms with Crippen LogP contribution in [0.15, 0.2) is 12.1 Å². The highest BCUT2D eigenvalue weighted by Gasteiger charge is 2.51. The van der Waals surface area contributed by atoms with Crippen LogP contribution in [0.1, 0.15) is 28.8 Å². The summed E-state index contributed by atoms with van der Waals surface area (Å²) in [5.74, 6) is -1.00. The lowest BCUT2D eigenvalue weighted by Crippen LogP contribution is -2.68. The Morgan fingerprint density at radius 2 is 2.12 bits per heavy atom. The summed E-state index contributed by atoms with van der Waals surface area (Å²) in [7, 11) is 2.13. The Morgan fingerprint density at radius 3 is 2.73 bits per heavy atom. The van der Waals surface area contributed by atoms with E-state index in [0.717, 1.165) is 37.0 Å². The number of carboxylic acids is 1. The van der Waals surface area contributed by atoms with Crippen molar-refractivity contribution in [1.29, 1.82) is 0 Å². The number of benzene rings is 1. The molecule has 0 bridgehead atoms. The molecule has 8 nitrogen and oxygen atoms in total. The molecule has 4 rings (SSSR count). The van der Waals surface area contributed by atoms with Crippen LogP contribution in [0.3, 0.4) is 0 Å². The normalized spacial score (nSPS) is 30.5. The van der Waals surface area contributed by atoms with Gasteiger partial charge in [-0.2, -0.15) is 0 Å². The smallest absolute Gasteiger partial charge is 0.430 e. The summed E-state index contributed by atoms with van der Waals surface area (Å²) in [5, 5.41) is 29.2. The van der Waals surface area contributed by atoms with Crippen LogP contribution in [0.5, 0.6) is 11.5 Å². The van der Waals surface area contributed by atoms with Gasteiger partial charge in [0.15, 0.2) is 6.10 Å². The van der Waals surface area contributed by atoms with E-state index in [2.05, 4.69) is 7.05 Å². The summed E-state index contributed by atoms with van der Waals surface area (Å²) >= 11 is 0. The third-order valence-electron chi connectivity index (χ3n) is 5.68. The molecule has 2 fully saturated rings. The lowest BCUT2D eigenvalue weighted by Gasteiger charge is -2.48. The van der Waals surface area contributed by atoms with Gasteiger partial charge in [0.2, 0.25) is 0 Å². The second kappa shape index (κ2) is 5.59. The molecule has 142 valence electrons. The zero-order valence-electron chi connectivity index (χ0n) is 14.9. The van der Waals surface area contributed by atoms with Crippen molar-refractivity contribution in [2.75, 3.05) is 26.7 Å². The summed E-state index contributed by atoms with van der Waals surface area (Å²) < 4.78 is 12.0. The molecule has 0 spiro atoms. The minimum absolute atomic E-state index is 0.00159. The Bertz CT molecular complexity index is 758. The minimum atomic E-state index is -3.03. The molecule has 2 heterocycles. The van der Waals surface area contributed by atoms with E-state index in [4.69, 9.17) is 15.1 Å². The van der Waals surface area contributed by atoms with Gasteiger partial charge in [0, 0.05) is 0 Å². The summed E-state index contributed by atoms with van der Waals surface area (Å²) in [6.07, 6.45) is 2.42. The summed E-state index contributed by atoms with van der Waals surface area (Å²) in [5.41, 5.74) is 6.67. The molecule has 0 radical (unpaired) electrons. The first-order valence-electron chi connectivity index (χ1n) is 9.06. The molecule has 1 aromatic rings. The van der Waals surface area contributed by atoms with E-state index in [9.17, 15) is 19.9 Å². The standard InChI is InChI=1S/C17H25BN2O6/c1-20(10-17(19)5-6-17)8-12(9-20)25-13-3-2-11-4-7-18(23,24)26-15(11)14(13)16(21)22/h2-3,12,23-24H,4-10,19H2,1H3,(H,21,22). The Hall–Kier alpha value is -1.81. The predicted molar refractivity (Wildman–Crippen MR) is 94.1 cm³/mol. The first-order chi connectivity index (χ1) is 12.1. The molecule has 3 aliphatic rings. The van der Waals surface area contributed by atoms with Crippen molar-refractivity contribution in [1.82, 2.24) is 0 Å². The van der Waals surface area contributed by atoms with Gasteiger partial charge >= 0.3 is 12.7 Å². The first kappa shape index (κ1) is 17.6. The molecule has 1 saturated carbocycles. The number of hydrogen-bond donors (Lipinski definition) is 4. The highest BCUT2D eigenvalue weighted by Crippen LogP contribution is 2.40. The van der Waals surface area contributed by atoms with Gasteiger partial charge in [-0.3, -0.25) is 0 Å². The number of fused-ring (bicyclic) bond motifs is 1. The fourth-order valence-corrected chi connectivity index (χ4v) is 4.22. The molecule has 26 heavy (non-hydrogen) atoms. The average Bonchev–Trinajstić information content (AvgIpc) is 3.20. The zero-order valence-corrected chi connectivity index (χ0v) is 14.9. The van der Waals surface area contributed by atoms with Gasteiger partial charge in [-0.15, -0.1) is 0 Å². The minimum Gasteiger partial charge on any atom is -0.669 e. The number of likely N-dealkylation sites (tertiary alicyclic amines) is 1. The molecular weight excluding hydrogens is 339 g/mol. The molecular formula is C17H25BN2O6. The number of aryl methyl sites for hydroxylation is 1. The molecule has 0 atom stereocenters. The largest absolute Gasteiger partial charge is 0.669 e. The highest BCUT2D eigenvalue weighted by atomic mass is 16.6. The summed E-state index contributed by atoms with van der Waals surface area (Å²) in [6, 6.07) is 3.36. The lowest BCUT2D eigenvalue weighted by atomic mass is 9.70. The number of carboxylic acid groups (broad SMARTS) is 1. The van der Waals surface area contributed by atoms with Crippen molar-refractivity contribution in [3.63, 3.8) is 0 Å². The van der Waals surface area contributed by atoms with Gasteiger partial charge in [-0.1, -0.05) is 12.4 Å². The van der Waals surface area contributed by atoms with Crippen molar-refractivity contribution in [3.05, 3.63) is 23.3 Å². The maximum absolute atomic E-state index is 11.8. The number of carbonyl (C=O) groups is 1. The van der Waals surface area contributed by atoms with Gasteiger partial charge in [0.25, 0.3) is 0 Å². The Labute approximate surface area is 151 Å². The summed E-state index contributed by atoms with van der Waals surface area (Å²) in [4.78, 5) is 11.8. The third kappa shape index (κ3) is 3.27. The summed E-state index contributed by atoms with van der Waals surface area (Å²) in [6.45, 7) is -0.588. The maximum Gasteiger partial charge on any atom is 0.430 e. The number of rotatable bonds is 5. The van der Waals surface area contributed by atoms with E-state index in [-0.39, 0.29) is 35.0 Å². The quantitative estimate of drug-likeness (QED) is 0.427. The van der Waals surface area contributed by atoms with Crippen molar-refractivity contribution >= 4 is 12.7 Å².